The molecule has 0 radical (unpaired) electrons. The van der Waals surface area contributed by atoms with E-state index in [1.807, 2.05) is 42.5 Å². The second-order valence-electron chi connectivity index (χ2n) is 6.23. The minimum Gasteiger partial charge on any atom is -0.507 e. The number of hydrogen-bond donors (Lipinski definition) is 2. The average molecular weight is 358 g/mol. The minimum atomic E-state index is -0.0749. The van der Waals surface area contributed by atoms with Crippen LogP contribution in [-0.2, 0) is 6.42 Å². The number of benzene rings is 3. The third kappa shape index (κ3) is 5.54. The van der Waals surface area contributed by atoms with E-state index in [0.29, 0.717) is 17.7 Å². The maximum Gasteiger partial charge on any atom is 0.124 e. The van der Waals surface area contributed by atoms with Gasteiger partial charge in [0, 0.05) is 23.6 Å². The van der Waals surface area contributed by atoms with E-state index in [2.05, 4.69) is 22.1 Å². The van der Waals surface area contributed by atoms with Crippen LogP contribution in [0.4, 0.5) is 0 Å². The van der Waals surface area contributed by atoms with Crippen LogP contribution in [0.5, 0.6) is 11.5 Å². The molecule has 3 aromatic rings. The Balaban J connectivity index is 1.75. The van der Waals surface area contributed by atoms with Gasteiger partial charge in [0.2, 0.25) is 0 Å². The first-order valence-corrected chi connectivity index (χ1v) is 8.85. The molecule has 0 aliphatic carbocycles. The van der Waals surface area contributed by atoms with Crippen LogP contribution in [0.15, 0.2) is 88.8 Å². The number of para-hydroxylation sites is 2. The van der Waals surface area contributed by atoms with Gasteiger partial charge in [-0.1, -0.05) is 54.6 Å². The summed E-state index contributed by atoms with van der Waals surface area (Å²) in [5.41, 5.74) is 2.54. The molecule has 3 rings (SSSR count). The van der Waals surface area contributed by atoms with Crippen molar-refractivity contribution in [3.05, 3.63) is 95.6 Å². The topological polar surface area (TPSA) is 65.2 Å². The Morgan fingerprint density at radius 2 is 1.26 bits per heavy atom. The molecule has 0 aliphatic rings. The van der Waals surface area contributed by atoms with Crippen molar-refractivity contribution in [1.29, 1.82) is 0 Å². The minimum absolute atomic E-state index is 0.0749. The van der Waals surface area contributed by atoms with Gasteiger partial charge < -0.3 is 10.2 Å². The molecule has 4 heteroatoms. The molecule has 0 saturated carbocycles. The van der Waals surface area contributed by atoms with Crippen LogP contribution in [0.2, 0.25) is 0 Å². The van der Waals surface area contributed by atoms with Gasteiger partial charge in [-0.05, 0) is 36.2 Å². The number of phenolic OH excluding ortho intramolecular Hbond substituents is 2. The number of rotatable bonds is 7. The van der Waals surface area contributed by atoms with Crippen LogP contribution in [0.25, 0.3) is 0 Å². The molecule has 27 heavy (non-hydrogen) atoms. The lowest BCUT2D eigenvalue weighted by Gasteiger charge is -2.10. The third-order valence-electron chi connectivity index (χ3n) is 4.16. The molecule has 0 bridgehead atoms. The molecule has 1 unspecified atom stereocenters. The van der Waals surface area contributed by atoms with Crippen LogP contribution >= 0.6 is 0 Å². The summed E-state index contributed by atoms with van der Waals surface area (Å²) in [6, 6.07) is 24.3. The first-order valence-electron chi connectivity index (χ1n) is 8.85. The maximum atomic E-state index is 9.92. The first-order chi connectivity index (χ1) is 13.2. The van der Waals surface area contributed by atoms with Gasteiger partial charge in [-0.15, -0.1) is 0 Å². The summed E-state index contributed by atoms with van der Waals surface area (Å²) in [7, 11) is 0. The predicted molar refractivity (Wildman–Crippen MR) is 110 cm³/mol. The van der Waals surface area contributed by atoms with Crippen LogP contribution in [0, 0.1) is 0 Å². The Kier molecular flexibility index (Phi) is 6.36. The summed E-state index contributed by atoms with van der Waals surface area (Å²) in [5.74, 6) is 0.413. The highest BCUT2D eigenvalue weighted by atomic mass is 16.3. The van der Waals surface area contributed by atoms with E-state index in [1.54, 1.807) is 36.7 Å². The lowest BCUT2D eigenvalue weighted by molar-refractivity contribution is 0.474. The van der Waals surface area contributed by atoms with Crippen molar-refractivity contribution in [3.63, 3.8) is 0 Å². The quantitative estimate of drug-likeness (QED) is 0.620. The van der Waals surface area contributed by atoms with Gasteiger partial charge in [-0.2, -0.15) is 0 Å². The van der Waals surface area contributed by atoms with Crippen molar-refractivity contribution in [2.75, 3.05) is 6.54 Å². The average Bonchev–Trinajstić information content (AvgIpc) is 2.69. The Morgan fingerprint density at radius 1 is 0.704 bits per heavy atom. The van der Waals surface area contributed by atoms with Gasteiger partial charge in [0.1, 0.15) is 11.5 Å². The van der Waals surface area contributed by atoms with Gasteiger partial charge in [-0.25, -0.2) is 0 Å². The maximum absolute atomic E-state index is 9.92. The zero-order chi connectivity index (χ0) is 18.9. The molecule has 0 saturated heterocycles. The van der Waals surface area contributed by atoms with Crippen LogP contribution < -0.4 is 0 Å². The summed E-state index contributed by atoms with van der Waals surface area (Å²) in [4.78, 5) is 9.11. The molecule has 0 amide bonds. The van der Waals surface area contributed by atoms with E-state index in [-0.39, 0.29) is 17.5 Å². The second kappa shape index (κ2) is 9.34. The highest BCUT2D eigenvalue weighted by Gasteiger charge is 2.07. The third-order valence-corrected chi connectivity index (χ3v) is 4.16. The van der Waals surface area contributed by atoms with Crippen molar-refractivity contribution >= 4 is 12.4 Å². The Morgan fingerprint density at radius 3 is 1.89 bits per heavy atom. The van der Waals surface area contributed by atoms with E-state index in [0.717, 1.165) is 6.42 Å². The first kappa shape index (κ1) is 18.4. The molecule has 0 aliphatic heterocycles. The van der Waals surface area contributed by atoms with E-state index in [9.17, 15) is 10.2 Å². The molecular formula is C23H22N2O2. The molecule has 1 atom stereocenters. The highest BCUT2D eigenvalue weighted by Crippen LogP contribution is 2.15. The summed E-state index contributed by atoms with van der Waals surface area (Å²) in [6.07, 6.45) is 4.10. The van der Waals surface area contributed by atoms with Gasteiger partial charge in [0.25, 0.3) is 0 Å². The van der Waals surface area contributed by atoms with E-state index < -0.39 is 0 Å². The number of hydrogen-bond acceptors (Lipinski definition) is 4. The zero-order valence-corrected chi connectivity index (χ0v) is 14.9. The number of phenols is 2. The van der Waals surface area contributed by atoms with Gasteiger partial charge in [0.15, 0.2) is 0 Å². The predicted octanol–water partition coefficient (Wildman–Crippen LogP) is 4.25. The Hall–Kier alpha value is -3.40. The summed E-state index contributed by atoms with van der Waals surface area (Å²) >= 11 is 0. The second-order valence-corrected chi connectivity index (χ2v) is 6.23. The van der Waals surface area contributed by atoms with E-state index in [1.165, 1.54) is 5.56 Å². The number of nitrogens with zero attached hydrogens (tertiary/aromatic N) is 2. The molecular weight excluding hydrogens is 336 g/mol. The molecule has 0 heterocycles. The number of aliphatic imine (C=N–C) groups is 2. The Labute approximate surface area is 159 Å². The molecule has 4 nitrogen and oxygen atoms in total. The molecule has 0 fully saturated rings. The summed E-state index contributed by atoms with van der Waals surface area (Å²) in [6.45, 7) is 0.479. The fraction of sp³-hybridized carbons (Fsp3) is 0.130. The fourth-order valence-electron chi connectivity index (χ4n) is 2.70. The van der Waals surface area contributed by atoms with Crippen LogP contribution in [0.3, 0.4) is 0 Å². The lowest BCUT2D eigenvalue weighted by atomic mass is 10.1. The van der Waals surface area contributed by atoms with Crippen molar-refractivity contribution in [1.82, 2.24) is 0 Å². The Bertz CT molecular complexity index is 920. The van der Waals surface area contributed by atoms with E-state index >= 15 is 0 Å². The highest BCUT2D eigenvalue weighted by molar-refractivity contribution is 5.84. The van der Waals surface area contributed by atoms with Crippen molar-refractivity contribution in [2.45, 2.75) is 12.5 Å². The molecule has 0 aromatic heterocycles. The van der Waals surface area contributed by atoms with Gasteiger partial charge >= 0.3 is 0 Å². The molecule has 2 N–H and O–H groups in total. The van der Waals surface area contributed by atoms with Gasteiger partial charge in [-0.3, -0.25) is 9.98 Å². The van der Waals surface area contributed by atoms with Gasteiger partial charge in [0.05, 0.1) is 12.6 Å². The van der Waals surface area contributed by atoms with E-state index in [4.69, 9.17) is 0 Å². The number of aromatic hydroxyl groups is 2. The molecule has 3 aromatic carbocycles. The van der Waals surface area contributed by atoms with Crippen LogP contribution in [0.1, 0.15) is 16.7 Å². The fourth-order valence-corrected chi connectivity index (χ4v) is 2.70. The smallest absolute Gasteiger partial charge is 0.124 e. The standard InChI is InChI=1S/C23H22N2O2/c26-22-12-6-4-10-19(22)15-24-17-21(14-18-8-2-1-3-9-18)25-16-20-11-5-7-13-23(20)27/h1-13,15-16,21,26-27H,14,17H2. The SMILES string of the molecule is Oc1ccccc1C=NCC(Cc1ccccc1)N=Cc1ccccc1O. The molecule has 0 spiro atoms. The molecule has 136 valence electrons. The van der Waals surface area contributed by atoms with Crippen LogP contribution in [-0.4, -0.2) is 35.2 Å². The summed E-state index contributed by atoms with van der Waals surface area (Å²) < 4.78 is 0. The zero-order valence-electron chi connectivity index (χ0n) is 14.9. The largest absolute Gasteiger partial charge is 0.507 e. The normalized spacial score (nSPS) is 12.6. The monoisotopic (exact) mass is 358 g/mol. The summed E-state index contributed by atoms with van der Waals surface area (Å²) in [5, 5.41) is 19.8. The lowest BCUT2D eigenvalue weighted by Crippen LogP contribution is -2.13. The van der Waals surface area contributed by atoms with Crippen molar-refractivity contribution < 1.29 is 10.2 Å². The van der Waals surface area contributed by atoms with Crippen molar-refractivity contribution in [2.24, 2.45) is 9.98 Å². The van der Waals surface area contributed by atoms with Crippen molar-refractivity contribution in [3.8, 4) is 11.5 Å².